The predicted molar refractivity (Wildman–Crippen MR) is 207 cm³/mol. The lowest BCUT2D eigenvalue weighted by molar-refractivity contribution is 0.101. The van der Waals surface area contributed by atoms with Crippen LogP contribution in [0.2, 0.25) is 0 Å². The third-order valence-corrected chi connectivity index (χ3v) is 9.36. The third kappa shape index (κ3) is 5.92. The molecule has 0 saturated carbocycles. The summed E-state index contributed by atoms with van der Waals surface area (Å²) in [5.74, 6) is -1.26. The standard InChI is InChI=1S/C44H32N4O4/c1-26(22-33-31-16-4-2-10-29(31)24-35(41(33)49)43(51)47-37-18-6-12-27-14-8-20-45-39(27)37)23-34-32-17-5-3-11-30(32)25-36(42(34)50)44(52)48-38-19-7-13-28-15-9-21-46-40(28)38/h2-21,24-25,49-50H,1,22-23H2,(H,47,51)(H,48,52). The molecule has 6 aromatic carbocycles. The van der Waals surface area contributed by atoms with Crippen LogP contribution in [0, 0.1) is 0 Å². The normalized spacial score (nSPS) is 11.2. The second kappa shape index (κ2) is 13.3. The van der Waals surface area contributed by atoms with Crippen LogP contribution in [0.4, 0.5) is 11.4 Å². The molecule has 8 rings (SSSR count). The maximum absolute atomic E-state index is 13.8. The Morgan fingerprint density at radius 3 is 1.40 bits per heavy atom. The molecule has 0 saturated heterocycles. The van der Waals surface area contributed by atoms with Crippen LogP contribution in [0.25, 0.3) is 43.4 Å². The topological polar surface area (TPSA) is 124 Å². The molecule has 4 N–H and O–H groups in total. The second-order valence-corrected chi connectivity index (χ2v) is 12.7. The van der Waals surface area contributed by atoms with Crippen molar-refractivity contribution in [3.63, 3.8) is 0 Å². The van der Waals surface area contributed by atoms with Crippen molar-refractivity contribution >= 4 is 66.5 Å². The Morgan fingerprint density at radius 1 is 0.538 bits per heavy atom. The van der Waals surface area contributed by atoms with Gasteiger partial charge in [0.2, 0.25) is 0 Å². The van der Waals surface area contributed by atoms with E-state index < -0.39 is 11.8 Å². The van der Waals surface area contributed by atoms with Crippen LogP contribution >= 0.6 is 0 Å². The monoisotopic (exact) mass is 680 g/mol. The minimum atomic E-state index is -0.475. The zero-order chi connectivity index (χ0) is 35.8. The SMILES string of the molecule is C=C(Cc1c(O)c(C(=O)Nc2cccc3cccnc23)cc2ccccc12)Cc1c(O)c(C(=O)Nc2cccc3cccnc23)cc2ccccc12. The highest BCUT2D eigenvalue weighted by atomic mass is 16.3. The van der Waals surface area contributed by atoms with Gasteiger partial charge in [-0.1, -0.05) is 97.1 Å². The summed E-state index contributed by atoms with van der Waals surface area (Å²) < 4.78 is 0. The van der Waals surface area contributed by atoms with Crippen LogP contribution in [0.1, 0.15) is 31.8 Å². The Balaban J connectivity index is 1.13. The summed E-state index contributed by atoms with van der Waals surface area (Å²) in [6, 6.07) is 37.0. The van der Waals surface area contributed by atoms with Gasteiger partial charge in [0.05, 0.1) is 33.5 Å². The molecule has 8 heteroatoms. The number of nitrogens with zero attached hydrogens (tertiary/aromatic N) is 2. The first-order chi connectivity index (χ1) is 25.4. The molecule has 0 bridgehead atoms. The Hall–Kier alpha value is -7.06. The van der Waals surface area contributed by atoms with Crippen molar-refractivity contribution in [1.82, 2.24) is 9.97 Å². The van der Waals surface area contributed by atoms with Gasteiger partial charge in [0.25, 0.3) is 11.8 Å². The average molecular weight is 681 g/mol. The maximum Gasteiger partial charge on any atom is 0.259 e. The van der Waals surface area contributed by atoms with Gasteiger partial charge in [-0.3, -0.25) is 19.6 Å². The number of phenolic OH excluding ortho intramolecular Hbond substituents is 2. The van der Waals surface area contributed by atoms with Crippen molar-refractivity contribution in [1.29, 1.82) is 0 Å². The Morgan fingerprint density at radius 2 is 0.942 bits per heavy atom. The minimum absolute atomic E-state index is 0.115. The molecular formula is C44H32N4O4. The fourth-order valence-electron chi connectivity index (χ4n) is 6.88. The number of rotatable bonds is 8. The quantitative estimate of drug-likeness (QED) is 0.119. The molecule has 2 amide bonds. The number of fused-ring (bicyclic) bond motifs is 4. The molecule has 0 radical (unpaired) electrons. The number of pyridine rings is 2. The van der Waals surface area contributed by atoms with Crippen LogP contribution in [-0.2, 0) is 12.8 Å². The molecule has 0 aliphatic heterocycles. The lowest BCUT2D eigenvalue weighted by atomic mass is 9.90. The first-order valence-electron chi connectivity index (χ1n) is 16.8. The molecule has 0 aliphatic carbocycles. The first-order valence-corrected chi connectivity index (χ1v) is 16.8. The van der Waals surface area contributed by atoms with E-state index in [0.29, 0.717) is 39.1 Å². The molecule has 0 unspecified atom stereocenters. The predicted octanol–water partition coefficient (Wildman–Crippen LogP) is 9.35. The van der Waals surface area contributed by atoms with E-state index in [1.54, 1.807) is 36.7 Å². The number of para-hydroxylation sites is 2. The van der Waals surface area contributed by atoms with E-state index in [1.807, 2.05) is 97.1 Å². The Bertz CT molecular complexity index is 2540. The number of hydrogen-bond donors (Lipinski definition) is 4. The van der Waals surface area contributed by atoms with Gasteiger partial charge in [-0.25, -0.2) is 0 Å². The zero-order valence-electron chi connectivity index (χ0n) is 27.9. The molecule has 0 spiro atoms. The summed E-state index contributed by atoms with van der Waals surface area (Å²) in [4.78, 5) is 36.4. The first kappa shape index (κ1) is 32.2. The number of anilines is 2. The second-order valence-electron chi connectivity index (χ2n) is 12.7. The number of carbonyl (C=O) groups is 2. The van der Waals surface area contributed by atoms with E-state index in [-0.39, 0.29) is 35.5 Å². The lowest BCUT2D eigenvalue weighted by Crippen LogP contribution is -2.14. The van der Waals surface area contributed by atoms with Crippen molar-refractivity contribution < 1.29 is 19.8 Å². The van der Waals surface area contributed by atoms with Crippen molar-refractivity contribution in [2.24, 2.45) is 0 Å². The highest BCUT2D eigenvalue weighted by Gasteiger charge is 2.23. The smallest absolute Gasteiger partial charge is 0.259 e. The average Bonchev–Trinajstić information content (AvgIpc) is 3.17. The molecule has 2 aromatic heterocycles. The van der Waals surface area contributed by atoms with Gasteiger partial charge >= 0.3 is 0 Å². The molecule has 52 heavy (non-hydrogen) atoms. The minimum Gasteiger partial charge on any atom is -0.507 e. The lowest BCUT2D eigenvalue weighted by Gasteiger charge is -2.18. The molecule has 0 atom stereocenters. The molecule has 0 fully saturated rings. The fraction of sp³-hybridized carbons (Fsp3) is 0.0455. The van der Waals surface area contributed by atoms with Crippen LogP contribution in [0.5, 0.6) is 11.5 Å². The summed E-state index contributed by atoms with van der Waals surface area (Å²) in [7, 11) is 0. The number of phenols is 2. The molecule has 8 aromatic rings. The van der Waals surface area contributed by atoms with Gasteiger partial charge < -0.3 is 20.8 Å². The molecule has 8 nitrogen and oxygen atoms in total. The third-order valence-electron chi connectivity index (χ3n) is 9.36. The number of nitrogens with one attached hydrogen (secondary N) is 2. The van der Waals surface area contributed by atoms with Crippen molar-refractivity contribution in [3.8, 4) is 11.5 Å². The van der Waals surface area contributed by atoms with Gasteiger partial charge in [0.15, 0.2) is 0 Å². The van der Waals surface area contributed by atoms with Crippen LogP contribution in [0.3, 0.4) is 0 Å². The van der Waals surface area contributed by atoms with Gasteiger partial charge in [-0.2, -0.15) is 0 Å². The number of aromatic hydroxyl groups is 2. The Kier molecular flexibility index (Phi) is 8.25. The van der Waals surface area contributed by atoms with Crippen molar-refractivity contribution in [2.45, 2.75) is 12.8 Å². The number of benzene rings is 6. The van der Waals surface area contributed by atoms with E-state index in [1.165, 1.54) is 0 Å². The molecule has 252 valence electrons. The van der Waals surface area contributed by atoms with Gasteiger partial charge in [-0.05, 0) is 70.8 Å². The van der Waals surface area contributed by atoms with E-state index in [2.05, 4.69) is 27.2 Å². The van der Waals surface area contributed by atoms with Gasteiger partial charge in [0.1, 0.15) is 11.5 Å². The highest BCUT2D eigenvalue weighted by Crippen LogP contribution is 2.38. The van der Waals surface area contributed by atoms with Crippen LogP contribution in [0.15, 0.2) is 146 Å². The van der Waals surface area contributed by atoms with E-state index in [0.717, 1.165) is 32.3 Å². The summed E-state index contributed by atoms with van der Waals surface area (Å²) in [6.07, 6.45) is 3.74. The number of amides is 2. The zero-order valence-corrected chi connectivity index (χ0v) is 27.9. The van der Waals surface area contributed by atoms with Crippen LogP contribution in [-0.4, -0.2) is 32.0 Å². The summed E-state index contributed by atoms with van der Waals surface area (Å²) in [6.45, 7) is 4.35. The van der Waals surface area contributed by atoms with E-state index >= 15 is 0 Å². The van der Waals surface area contributed by atoms with Gasteiger partial charge in [-0.15, -0.1) is 0 Å². The Labute approximate surface area is 298 Å². The number of aromatic nitrogens is 2. The van der Waals surface area contributed by atoms with Gasteiger partial charge in [0, 0.05) is 34.3 Å². The number of hydrogen-bond acceptors (Lipinski definition) is 6. The van der Waals surface area contributed by atoms with Crippen molar-refractivity contribution in [2.75, 3.05) is 10.6 Å². The summed E-state index contributed by atoms with van der Waals surface area (Å²) in [5.41, 5.74) is 4.30. The highest BCUT2D eigenvalue weighted by molar-refractivity contribution is 6.13. The molecule has 2 heterocycles. The van der Waals surface area contributed by atoms with Crippen LogP contribution < -0.4 is 10.6 Å². The van der Waals surface area contributed by atoms with E-state index in [4.69, 9.17) is 0 Å². The summed E-state index contributed by atoms with van der Waals surface area (Å²) in [5, 5.41) is 34.1. The number of allylic oxidation sites excluding steroid dienone is 1. The maximum atomic E-state index is 13.8. The summed E-state index contributed by atoms with van der Waals surface area (Å²) >= 11 is 0. The number of carbonyl (C=O) groups excluding carboxylic acids is 2. The molecule has 0 aliphatic rings. The van der Waals surface area contributed by atoms with Crippen molar-refractivity contribution in [3.05, 3.63) is 168 Å². The molecular weight excluding hydrogens is 649 g/mol. The largest absolute Gasteiger partial charge is 0.507 e. The van der Waals surface area contributed by atoms with E-state index in [9.17, 15) is 19.8 Å². The fourth-order valence-corrected chi connectivity index (χ4v) is 6.88.